The third-order valence-corrected chi connectivity index (χ3v) is 5.15. The summed E-state index contributed by atoms with van der Waals surface area (Å²) in [5.41, 5.74) is 3.30. The van der Waals surface area contributed by atoms with Gasteiger partial charge in [-0.15, -0.1) is 0 Å². The van der Waals surface area contributed by atoms with Crippen LogP contribution in [0.5, 0.6) is 5.75 Å². The molecule has 31 heavy (non-hydrogen) atoms. The molecule has 158 valence electrons. The summed E-state index contributed by atoms with van der Waals surface area (Å²) in [6.45, 7) is 1.30. The molecule has 1 aliphatic heterocycles. The van der Waals surface area contributed by atoms with Crippen molar-refractivity contribution in [3.8, 4) is 5.75 Å². The molecule has 0 saturated carbocycles. The Labute approximate surface area is 179 Å². The Bertz CT molecular complexity index is 1100. The predicted octanol–water partition coefficient (Wildman–Crippen LogP) is 4.13. The van der Waals surface area contributed by atoms with Gasteiger partial charge in [-0.25, -0.2) is 9.80 Å². The van der Waals surface area contributed by atoms with E-state index in [2.05, 4.69) is 5.10 Å². The summed E-state index contributed by atoms with van der Waals surface area (Å²) in [7, 11) is 1.60. The first kappa shape index (κ1) is 20.4. The number of ether oxygens (including phenoxy) is 2. The maximum atomic E-state index is 13.0. The Morgan fingerprint density at radius 3 is 2.48 bits per heavy atom. The topological polar surface area (TPSA) is 81.3 Å². The van der Waals surface area contributed by atoms with Crippen LogP contribution >= 0.6 is 0 Å². The number of aryl methyl sites for hydroxylation is 1. The molecule has 7 nitrogen and oxygen atoms in total. The Morgan fingerprint density at radius 1 is 1.10 bits per heavy atom. The first-order valence-electron chi connectivity index (χ1n) is 9.87. The summed E-state index contributed by atoms with van der Waals surface area (Å²) in [5, 5.41) is 5.97. The normalized spacial score (nSPS) is 15.5. The fourth-order valence-electron chi connectivity index (χ4n) is 3.47. The Hall–Kier alpha value is -3.87. The van der Waals surface area contributed by atoms with E-state index in [1.54, 1.807) is 20.1 Å². The van der Waals surface area contributed by atoms with Gasteiger partial charge in [0, 0.05) is 12.0 Å². The molecule has 2 heterocycles. The van der Waals surface area contributed by atoms with Crippen LogP contribution in [0.25, 0.3) is 0 Å². The summed E-state index contributed by atoms with van der Waals surface area (Å²) in [4.78, 5) is 25.2. The summed E-state index contributed by atoms with van der Waals surface area (Å²) < 4.78 is 15.6. The van der Waals surface area contributed by atoms with Crippen LogP contribution in [0.2, 0.25) is 0 Å². The van der Waals surface area contributed by atoms with Crippen molar-refractivity contribution in [1.29, 1.82) is 0 Å². The molecule has 0 aliphatic carbocycles. The number of rotatable bonds is 6. The van der Waals surface area contributed by atoms with Gasteiger partial charge in [-0.2, -0.15) is 5.10 Å². The van der Waals surface area contributed by atoms with Gasteiger partial charge in [-0.1, -0.05) is 42.5 Å². The number of hydrogen-bond donors (Lipinski definition) is 0. The minimum atomic E-state index is -0.677. The number of furan rings is 1. The summed E-state index contributed by atoms with van der Waals surface area (Å²) in [6.07, 6.45) is 1.96. The number of amides is 1. The fourth-order valence-corrected chi connectivity index (χ4v) is 3.47. The van der Waals surface area contributed by atoms with E-state index in [9.17, 15) is 9.59 Å². The second-order valence-corrected chi connectivity index (χ2v) is 7.15. The zero-order valence-electron chi connectivity index (χ0n) is 17.3. The lowest BCUT2D eigenvalue weighted by molar-refractivity contribution is -0.136. The van der Waals surface area contributed by atoms with Crippen molar-refractivity contribution in [2.24, 2.45) is 5.10 Å². The molecular formula is C24H22N2O5. The van der Waals surface area contributed by atoms with Crippen LogP contribution in [0.3, 0.4) is 0 Å². The van der Waals surface area contributed by atoms with Crippen LogP contribution in [0, 0.1) is 6.92 Å². The molecule has 1 aromatic heterocycles. The lowest BCUT2D eigenvalue weighted by atomic mass is 9.98. The van der Waals surface area contributed by atoms with E-state index in [0.717, 1.165) is 22.6 Å². The van der Waals surface area contributed by atoms with Gasteiger partial charge in [0.1, 0.15) is 5.75 Å². The Kier molecular flexibility index (Phi) is 5.84. The minimum absolute atomic E-state index is 0.0920. The van der Waals surface area contributed by atoms with Gasteiger partial charge in [-0.05, 0) is 36.2 Å². The number of hydrazone groups is 1. The van der Waals surface area contributed by atoms with E-state index >= 15 is 0 Å². The van der Waals surface area contributed by atoms with Crippen molar-refractivity contribution >= 4 is 17.6 Å². The van der Waals surface area contributed by atoms with E-state index in [-0.39, 0.29) is 11.8 Å². The number of esters is 1. The second kappa shape index (κ2) is 8.87. The van der Waals surface area contributed by atoms with Gasteiger partial charge < -0.3 is 13.9 Å². The monoisotopic (exact) mass is 418 g/mol. The van der Waals surface area contributed by atoms with Crippen LogP contribution < -0.4 is 4.74 Å². The van der Waals surface area contributed by atoms with Gasteiger partial charge in [0.2, 0.25) is 5.76 Å². The third kappa shape index (κ3) is 4.35. The van der Waals surface area contributed by atoms with Gasteiger partial charge in [-0.3, -0.25) is 4.79 Å². The SMILES string of the molecule is COc1ccc(C2CC(c3ccccc3)=NN2C(=O)COC(=O)c2occc2C)cc1. The van der Waals surface area contributed by atoms with Crippen LogP contribution in [-0.4, -0.2) is 36.3 Å². The van der Waals surface area contributed by atoms with Crippen LogP contribution in [-0.2, 0) is 9.53 Å². The van der Waals surface area contributed by atoms with E-state index in [0.29, 0.717) is 12.0 Å². The highest BCUT2D eigenvalue weighted by atomic mass is 16.5. The number of carbonyl (C=O) groups excluding carboxylic acids is 2. The molecule has 7 heteroatoms. The summed E-state index contributed by atoms with van der Waals surface area (Å²) >= 11 is 0. The lowest BCUT2D eigenvalue weighted by Crippen LogP contribution is -2.31. The maximum absolute atomic E-state index is 13.0. The zero-order valence-corrected chi connectivity index (χ0v) is 17.3. The molecule has 0 N–H and O–H groups in total. The highest BCUT2D eigenvalue weighted by Crippen LogP contribution is 2.33. The van der Waals surface area contributed by atoms with Crippen LogP contribution in [0.4, 0.5) is 0 Å². The number of benzene rings is 2. The smallest absolute Gasteiger partial charge is 0.375 e. The molecule has 2 aromatic carbocycles. The van der Waals surface area contributed by atoms with Gasteiger partial charge in [0.15, 0.2) is 6.61 Å². The lowest BCUT2D eigenvalue weighted by Gasteiger charge is -2.22. The quantitative estimate of drug-likeness (QED) is 0.562. The molecule has 0 saturated heterocycles. The molecule has 1 aliphatic rings. The average Bonchev–Trinajstić information content (AvgIpc) is 3.45. The molecule has 0 bridgehead atoms. The van der Waals surface area contributed by atoms with Crippen molar-refractivity contribution < 1.29 is 23.5 Å². The number of carbonyl (C=O) groups is 2. The number of methoxy groups -OCH3 is 1. The van der Waals surface area contributed by atoms with Crippen molar-refractivity contribution in [2.45, 2.75) is 19.4 Å². The summed E-state index contributed by atoms with van der Waals surface area (Å²) in [6, 6.07) is 18.6. The van der Waals surface area contributed by atoms with Gasteiger partial charge >= 0.3 is 5.97 Å². The highest BCUT2D eigenvalue weighted by Gasteiger charge is 2.33. The largest absolute Gasteiger partial charge is 0.497 e. The van der Waals surface area contributed by atoms with Crippen molar-refractivity contribution in [3.05, 3.63) is 89.4 Å². The number of hydrogen-bond acceptors (Lipinski definition) is 6. The molecule has 0 spiro atoms. The molecule has 1 atom stereocenters. The highest BCUT2D eigenvalue weighted by molar-refractivity contribution is 6.03. The molecule has 3 aromatic rings. The number of nitrogens with zero attached hydrogens (tertiary/aromatic N) is 2. The van der Waals surface area contributed by atoms with Crippen molar-refractivity contribution in [3.63, 3.8) is 0 Å². The van der Waals surface area contributed by atoms with Crippen LogP contribution in [0.15, 0.2) is 76.4 Å². The molecule has 0 radical (unpaired) electrons. The van der Waals surface area contributed by atoms with E-state index in [1.807, 2.05) is 54.6 Å². The summed E-state index contributed by atoms with van der Waals surface area (Å²) in [5.74, 6) is -0.270. The first-order valence-corrected chi connectivity index (χ1v) is 9.87. The zero-order chi connectivity index (χ0) is 21.8. The average molecular weight is 418 g/mol. The Balaban J connectivity index is 1.55. The fraction of sp³-hybridized carbons (Fsp3) is 0.208. The van der Waals surface area contributed by atoms with Gasteiger partial charge in [0.25, 0.3) is 5.91 Å². The molecule has 4 rings (SSSR count). The van der Waals surface area contributed by atoms with Gasteiger partial charge in [0.05, 0.1) is 25.1 Å². The molecule has 1 amide bonds. The Morgan fingerprint density at radius 2 is 1.84 bits per heavy atom. The second-order valence-electron chi connectivity index (χ2n) is 7.15. The maximum Gasteiger partial charge on any atom is 0.375 e. The minimum Gasteiger partial charge on any atom is -0.497 e. The van der Waals surface area contributed by atoms with Crippen molar-refractivity contribution in [2.75, 3.05) is 13.7 Å². The first-order chi connectivity index (χ1) is 15.1. The molecule has 1 unspecified atom stereocenters. The molecular weight excluding hydrogens is 396 g/mol. The standard InChI is InChI=1S/C24H22N2O5/c1-16-12-13-30-23(16)24(28)31-15-22(27)26-21(18-8-10-19(29-2)11-9-18)14-20(25-26)17-6-4-3-5-7-17/h3-13,21H,14-15H2,1-2H3. The van der Waals surface area contributed by atoms with Crippen molar-refractivity contribution in [1.82, 2.24) is 5.01 Å². The van der Waals surface area contributed by atoms with E-state index < -0.39 is 18.5 Å². The predicted molar refractivity (Wildman–Crippen MR) is 114 cm³/mol. The van der Waals surface area contributed by atoms with E-state index in [1.165, 1.54) is 11.3 Å². The van der Waals surface area contributed by atoms with E-state index in [4.69, 9.17) is 13.9 Å². The third-order valence-electron chi connectivity index (χ3n) is 5.15. The van der Waals surface area contributed by atoms with Crippen LogP contribution in [0.1, 0.15) is 39.7 Å². The molecule has 0 fully saturated rings.